The number of anilines is 1. The van der Waals surface area contributed by atoms with Crippen molar-refractivity contribution in [3.63, 3.8) is 0 Å². The fraction of sp³-hybridized carbons (Fsp3) is 0.286. The average Bonchev–Trinajstić information content (AvgIpc) is 2.04. The van der Waals surface area contributed by atoms with Gasteiger partial charge in [0.05, 0.1) is 11.9 Å². The molecule has 1 aliphatic heterocycles. The van der Waals surface area contributed by atoms with Crippen LogP contribution in [0.2, 0.25) is 0 Å². The SMILES string of the molecule is OC1NCc2ccncc2N1. The van der Waals surface area contributed by atoms with Gasteiger partial charge >= 0.3 is 0 Å². The van der Waals surface area contributed by atoms with Crippen LogP contribution in [0.25, 0.3) is 0 Å². The molecule has 4 heteroatoms. The van der Waals surface area contributed by atoms with Crippen molar-refractivity contribution in [3.05, 3.63) is 24.0 Å². The summed E-state index contributed by atoms with van der Waals surface area (Å²) in [4.78, 5) is 3.93. The Hall–Kier alpha value is -1.13. The van der Waals surface area contributed by atoms with Crippen molar-refractivity contribution in [2.45, 2.75) is 12.9 Å². The van der Waals surface area contributed by atoms with Crippen molar-refractivity contribution < 1.29 is 5.11 Å². The molecule has 4 nitrogen and oxygen atoms in total. The number of aliphatic hydroxyl groups is 1. The summed E-state index contributed by atoms with van der Waals surface area (Å²) in [5, 5.41) is 14.8. The minimum Gasteiger partial charge on any atom is -0.361 e. The van der Waals surface area contributed by atoms with Gasteiger partial charge in [-0.25, -0.2) is 0 Å². The van der Waals surface area contributed by atoms with Crippen LogP contribution in [0.15, 0.2) is 18.5 Å². The summed E-state index contributed by atoms with van der Waals surface area (Å²) < 4.78 is 0. The molecule has 0 saturated heterocycles. The minimum atomic E-state index is -0.647. The van der Waals surface area contributed by atoms with Gasteiger partial charge in [0.15, 0.2) is 6.35 Å². The summed E-state index contributed by atoms with van der Waals surface area (Å²) >= 11 is 0. The molecule has 0 amide bonds. The van der Waals surface area contributed by atoms with Crippen molar-refractivity contribution in [1.82, 2.24) is 10.3 Å². The zero-order valence-corrected chi connectivity index (χ0v) is 5.91. The van der Waals surface area contributed by atoms with Crippen LogP contribution >= 0.6 is 0 Å². The minimum absolute atomic E-state index is 0.647. The predicted octanol–water partition coefficient (Wildman–Crippen LogP) is -0.127. The number of aromatic nitrogens is 1. The quantitative estimate of drug-likeness (QED) is 0.483. The first kappa shape index (κ1) is 6.57. The lowest BCUT2D eigenvalue weighted by atomic mass is 10.2. The Labute approximate surface area is 64.3 Å². The number of aliphatic hydroxyl groups excluding tert-OH is 1. The average molecular weight is 151 g/mol. The zero-order chi connectivity index (χ0) is 7.68. The van der Waals surface area contributed by atoms with E-state index in [1.54, 1.807) is 12.4 Å². The van der Waals surface area contributed by atoms with Gasteiger partial charge in [0.1, 0.15) is 0 Å². The highest BCUT2D eigenvalue weighted by molar-refractivity contribution is 5.50. The van der Waals surface area contributed by atoms with E-state index >= 15 is 0 Å². The molecule has 11 heavy (non-hydrogen) atoms. The van der Waals surface area contributed by atoms with Gasteiger partial charge in [-0.15, -0.1) is 0 Å². The standard InChI is InChI=1S/C7H9N3O/c11-7-9-3-5-1-2-8-4-6(5)10-7/h1-2,4,7,9-11H,3H2. The molecule has 0 fully saturated rings. The fourth-order valence-corrected chi connectivity index (χ4v) is 1.11. The van der Waals surface area contributed by atoms with Crippen LogP contribution in [0.3, 0.4) is 0 Å². The molecule has 0 bridgehead atoms. The van der Waals surface area contributed by atoms with E-state index in [9.17, 15) is 0 Å². The maximum absolute atomic E-state index is 9.11. The molecular formula is C7H9N3O. The van der Waals surface area contributed by atoms with Crippen molar-refractivity contribution in [2.24, 2.45) is 0 Å². The van der Waals surface area contributed by atoms with Gasteiger partial charge in [0.25, 0.3) is 0 Å². The van der Waals surface area contributed by atoms with Crippen molar-refractivity contribution in [3.8, 4) is 0 Å². The van der Waals surface area contributed by atoms with E-state index in [0.717, 1.165) is 11.3 Å². The van der Waals surface area contributed by atoms with E-state index in [4.69, 9.17) is 5.11 Å². The smallest absolute Gasteiger partial charge is 0.181 e. The van der Waals surface area contributed by atoms with Crippen molar-refractivity contribution in [2.75, 3.05) is 5.32 Å². The molecule has 3 N–H and O–H groups in total. The van der Waals surface area contributed by atoms with E-state index in [-0.39, 0.29) is 0 Å². The highest BCUT2D eigenvalue weighted by Crippen LogP contribution is 2.16. The van der Waals surface area contributed by atoms with Crippen LogP contribution in [-0.4, -0.2) is 16.4 Å². The van der Waals surface area contributed by atoms with E-state index in [2.05, 4.69) is 15.6 Å². The Balaban J connectivity index is 2.34. The first-order valence-corrected chi connectivity index (χ1v) is 3.47. The van der Waals surface area contributed by atoms with Crippen LogP contribution in [0.1, 0.15) is 5.56 Å². The molecule has 1 aromatic rings. The molecule has 1 aliphatic rings. The number of fused-ring (bicyclic) bond motifs is 1. The van der Waals surface area contributed by atoms with Gasteiger partial charge in [-0.3, -0.25) is 10.3 Å². The normalized spacial score (nSPS) is 22.1. The Morgan fingerprint density at radius 3 is 3.45 bits per heavy atom. The second-order valence-corrected chi connectivity index (χ2v) is 2.46. The Bertz CT molecular complexity index is 264. The third kappa shape index (κ3) is 1.18. The maximum Gasteiger partial charge on any atom is 0.181 e. The lowest BCUT2D eigenvalue weighted by molar-refractivity contribution is 0.158. The van der Waals surface area contributed by atoms with E-state index < -0.39 is 6.35 Å². The Morgan fingerprint density at radius 1 is 1.64 bits per heavy atom. The summed E-state index contributed by atoms with van der Waals surface area (Å²) in [7, 11) is 0. The summed E-state index contributed by atoms with van der Waals surface area (Å²) in [6, 6.07) is 1.92. The second kappa shape index (κ2) is 2.48. The summed E-state index contributed by atoms with van der Waals surface area (Å²) in [5.74, 6) is 0. The predicted molar refractivity (Wildman–Crippen MR) is 40.7 cm³/mol. The van der Waals surface area contributed by atoms with Gasteiger partial charge in [0, 0.05) is 12.7 Å². The molecular weight excluding hydrogens is 142 g/mol. The Morgan fingerprint density at radius 2 is 2.55 bits per heavy atom. The number of rotatable bonds is 0. The molecule has 58 valence electrons. The number of hydrogen-bond donors (Lipinski definition) is 3. The molecule has 1 atom stereocenters. The molecule has 2 heterocycles. The monoisotopic (exact) mass is 151 g/mol. The lowest BCUT2D eigenvalue weighted by Gasteiger charge is -2.23. The Kier molecular flexibility index (Phi) is 1.48. The molecule has 0 aliphatic carbocycles. The number of hydrogen-bond acceptors (Lipinski definition) is 4. The van der Waals surface area contributed by atoms with E-state index in [0.29, 0.717) is 6.54 Å². The fourth-order valence-electron chi connectivity index (χ4n) is 1.11. The second-order valence-electron chi connectivity index (χ2n) is 2.46. The highest BCUT2D eigenvalue weighted by Gasteiger charge is 2.12. The van der Waals surface area contributed by atoms with Gasteiger partial charge in [-0.2, -0.15) is 0 Å². The first-order valence-electron chi connectivity index (χ1n) is 3.47. The molecule has 0 saturated carbocycles. The van der Waals surface area contributed by atoms with Crippen LogP contribution in [-0.2, 0) is 6.54 Å². The third-order valence-electron chi connectivity index (χ3n) is 1.69. The van der Waals surface area contributed by atoms with Gasteiger partial charge < -0.3 is 10.4 Å². The molecule has 2 rings (SSSR count). The lowest BCUT2D eigenvalue weighted by Crippen LogP contribution is -2.39. The molecule has 0 aromatic carbocycles. The maximum atomic E-state index is 9.11. The number of nitrogens with zero attached hydrogens (tertiary/aromatic N) is 1. The van der Waals surface area contributed by atoms with E-state index in [1.165, 1.54) is 0 Å². The van der Waals surface area contributed by atoms with E-state index in [1.807, 2.05) is 6.07 Å². The van der Waals surface area contributed by atoms with Crippen LogP contribution in [0, 0.1) is 0 Å². The molecule has 1 aromatic heterocycles. The summed E-state index contributed by atoms with van der Waals surface area (Å²) in [5.41, 5.74) is 2.03. The molecule has 0 radical (unpaired) electrons. The van der Waals surface area contributed by atoms with Gasteiger partial charge in [0.2, 0.25) is 0 Å². The van der Waals surface area contributed by atoms with Gasteiger partial charge in [-0.1, -0.05) is 0 Å². The van der Waals surface area contributed by atoms with Crippen LogP contribution < -0.4 is 10.6 Å². The van der Waals surface area contributed by atoms with Gasteiger partial charge in [-0.05, 0) is 11.6 Å². The topological polar surface area (TPSA) is 57.2 Å². The third-order valence-corrected chi connectivity index (χ3v) is 1.69. The highest BCUT2D eigenvalue weighted by atomic mass is 16.3. The summed E-state index contributed by atoms with van der Waals surface area (Å²) in [6.45, 7) is 0.687. The molecule has 0 spiro atoms. The van der Waals surface area contributed by atoms with Crippen molar-refractivity contribution in [1.29, 1.82) is 0 Å². The molecule has 1 unspecified atom stereocenters. The largest absolute Gasteiger partial charge is 0.361 e. The van der Waals surface area contributed by atoms with Crippen LogP contribution in [0.4, 0.5) is 5.69 Å². The first-order chi connectivity index (χ1) is 5.36. The number of nitrogens with one attached hydrogen (secondary N) is 2. The number of pyridine rings is 1. The van der Waals surface area contributed by atoms with Crippen LogP contribution in [0.5, 0.6) is 0 Å². The zero-order valence-electron chi connectivity index (χ0n) is 5.91. The van der Waals surface area contributed by atoms with Crippen molar-refractivity contribution >= 4 is 5.69 Å². The summed E-state index contributed by atoms with van der Waals surface area (Å²) in [6.07, 6.45) is 2.80.